The van der Waals surface area contributed by atoms with Gasteiger partial charge in [-0.15, -0.1) is 0 Å². The molecule has 1 atom stereocenters. The molecule has 1 unspecified atom stereocenters. The highest BCUT2D eigenvalue weighted by molar-refractivity contribution is 6.03. The lowest BCUT2D eigenvalue weighted by Crippen LogP contribution is -2.31. The fourth-order valence-electron chi connectivity index (χ4n) is 2.23. The van der Waals surface area contributed by atoms with Crippen molar-refractivity contribution in [3.63, 3.8) is 0 Å². The van der Waals surface area contributed by atoms with Gasteiger partial charge in [-0.05, 0) is 36.4 Å². The van der Waals surface area contributed by atoms with Crippen LogP contribution in [0.4, 0.5) is 11.4 Å². The number of carbonyl (C=O) groups excluding carboxylic acids is 2. The molecule has 6 heteroatoms. The minimum Gasteiger partial charge on any atom is -0.397 e. The molecule has 0 saturated carbocycles. The second kappa shape index (κ2) is 7.94. The van der Waals surface area contributed by atoms with Crippen LogP contribution in [0.5, 0.6) is 0 Å². The van der Waals surface area contributed by atoms with Crippen molar-refractivity contribution in [3.05, 3.63) is 65.7 Å². The van der Waals surface area contributed by atoms with Crippen LogP contribution in [-0.2, 0) is 9.59 Å². The number of benzene rings is 2. The summed E-state index contributed by atoms with van der Waals surface area (Å²) in [4.78, 5) is 23.2. The number of likely N-dealkylation sites (N-methyl/N-ethyl adjacent to an activating group) is 1. The molecule has 2 rings (SSSR count). The molecule has 0 fully saturated rings. The van der Waals surface area contributed by atoms with E-state index in [-0.39, 0.29) is 5.91 Å². The van der Waals surface area contributed by atoms with E-state index in [2.05, 4.69) is 10.6 Å². The molecular weight excluding hydrogens is 304 g/mol. The van der Waals surface area contributed by atoms with Crippen LogP contribution in [-0.4, -0.2) is 18.9 Å². The molecule has 0 aliphatic heterocycles. The number of nitrogen functional groups attached to an aromatic ring is 1. The Morgan fingerprint density at radius 2 is 1.75 bits per heavy atom. The van der Waals surface area contributed by atoms with E-state index in [0.717, 1.165) is 11.1 Å². The van der Waals surface area contributed by atoms with Crippen molar-refractivity contribution in [2.75, 3.05) is 18.1 Å². The van der Waals surface area contributed by atoms with E-state index in [9.17, 15) is 9.59 Å². The average Bonchev–Trinajstić information content (AvgIpc) is 2.56. The van der Waals surface area contributed by atoms with Crippen molar-refractivity contribution in [2.45, 2.75) is 6.04 Å². The van der Waals surface area contributed by atoms with E-state index in [0.29, 0.717) is 11.4 Å². The van der Waals surface area contributed by atoms with Gasteiger partial charge < -0.3 is 22.1 Å². The molecule has 6 N–H and O–H groups in total. The molecule has 0 aliphatic rings. The third-order valence-corrected chi connectivity index (χ3v) is 3.49. The first-order valence-electron chi connectivity index (χ1n) is 7.41. The fourth-order valence-corrected chi connectivity index (χ4v) is 2.23. The summed E-state index contributed by atoms with van der Waals surface area (Å²) in [7, 11) is 1.67. The Bertz CT molecular complexity index is 754. The van der Waals surface area contributed by atoms with Gasteiger partial charge in [-0.25, -0.2) is 0 Å². The van der Waals surface area contributed by atoms with Crippen molar-refractivity contribution in [3.8, 4) is 0 Å². The number of rotatable bonds is 6. The molecule has 0 saturated heterocycles. The van der Waals surface area contributed by atoms with E-state index < -0.39 is 11.9 Å². The second-order valence-corrected chi connectivity index (χ2v) is 5.20. The normalized spacial score (nSPS) is 12.0. The molecule has 2 aromatic carbocycles. The predicted octanol–water partition coefficient (Wildman–Crippen LogP) is 1.67. The Morgan fingerprint density at radius 1 is 1.08 bits per heavy atom. The molecule has 6 nitrogen and oxygen atoms in total. The number of hydrogen-bond donors (Lipinski definition) is 4. The first-order chi connectivity index (χ1) is 11.5. The summed E-state index contributed by atoms with van der Waals surface area (Å²) in [5.74, 6) is -0.720. The Balaban J connectivity index is 2.03. The number of primary amides is 1. The van der Waals surface area contributed by atoms with Crippen LogP contribution in [0.15, 0.2) is 54.6 Å². The molecule has 2 aromatic rings. The highest BCUT2D eigenvalue weighted by Gasteiger charge is 2.14. The third kappa shape index (κ3) is 4.44. The average molecular weight is 324 g/mol. The first-order valence-corrected chi connectivity index (χ1v) is 7.41. The smallest absolute Gasteiger partial charge is 0.248 e. The maximum atomic E-state index is 11.9. The number of para-hydroxylation sites is 2. The number of anilines is 2. The van der Waals surface area contributed by atoms with Crippen molar-refractivity contribution < 1.29 is 9.59 Å². The van der Waals surface area contributed by atoms with Gasteiger partial charge in [0.15, 0.2) is 0 Å². The highest BCUT2D eigenvalue weighted by atomic mass is 16.2. The standard InChI is InChI=1S/C18H20N4O2/c1-21-17(18(20)24)13-9-6-12(7-10-13)8-11-16(23)22-15-5-3-2-4-14(15)19/h2-11,17,21H,19H2,1H3,(H2,20,24)(H,22,23)/b11-8+. The Labute approximate surface area is 140 Å². The molecule has 0 heterocycles. The molecule has 0 aliphatic carbocycles. The monoisotopic (exact) mass is 324 g/mol. The highest BCUT2D eigenvalue weighted by Crippen LogP contribution is 2.17. The van der Waals surface area contributed by atoms with Gasteiger partial charge in [0.2, 0.25) is 11.8 Å². The summed E-state index contributed by atoms with van der Waals surface area (Å²) < 4.78 is 0. The molecule has 0 spiro atoms. The summed E-state index contributed by atoms with van der Waals surface area (Å²) >= 11 is 0. The minimum atomic E-state index is -0.535. The predicted molar refractivity (Wildman–Crippen MR) is 96.0 cm³/mol. The molecule has 0 radical (unpaired) electrons. The lowest BCUT2D eigenvalue weighted by atomic mass is 10.0. The number of amides is 2. The maximum Gasteiger partial charge on any atom is 0.248 e. The van der Waals surface area contributed by atoms with Crippen molar-refractivity contribution in [2.24, 2.45) is 5.73 Å². The van der Waals surface area contributed by atoms with E-state index in [1.54, 1.807) is 49.5 Å². The van der Waals surface area contributed by atoms with Gasteiger partial charge in [0.05, 0.1) is 11.4 Å². The van der Waals surface area contributed by atoms with Crippen molar-refractivity contribution >= 4 is 29.3 Å². The van der Waals surface area contributed by atoms with Crippen LogP contribution < -0.4 is 22.1 Å². The van der Waals surface area contributed by atoms with E-state index in [4.69, 9.17) is 11.5 Å². The van der Waals surface area contributed by atoms with Crippen LogP contribution >= 0.6 is 0 Å². The van der Waals surface area contributed by atoms with Crippen LogP contribution in [0, 0.1) is 0 Å². The van der Waals surface area contributed by atoms with Gasteiger partial charge in [0, 0.05) is 6.08 Å². The van der Waals surface area contributed by atoms with E-state index in [1.807, 2.05) is 12.1 Å². The van der Waals surface area contributed by atoms with Gasteiger partial charge in [-0.3, -0.25) is 9.59 Å². The second-order valence-electron chi connectivity index (χ2n) is 5.20. The van der Waals surface area contributed by atoms with Crippen LogP contribution in [0.1, 0.15) is 17.2 Å². The number of nitrogens with one attached hydrogen (secondary N) is 2. The van der Waals surface area contributed by atoms with Gasteiger partial charge in [0.1, 0.15) is 6.04 Å². The van der Waals surface area contributed by atoms with Gasteiger partial charge >= 0.3 is 0 Å². The van der Waals surface area contributed by atoms with E-state index in [1.165, 1.54) is 6.08 Å². The van der Waals surface area contributed by atoms with Crippen LogP contribution in [0.25, 0.3) is 6.08 Å². The number of nitrogens with two attached hydrogens (primary N) is 2. The zero-order valence-corrected chi connectivity index (χ0v) is 13.3. The lowest BCUT2D eigenvalue weighted by Gasteiger charge is -2.12. The first kappa shape index (κ1) is 17.2. The van der Waals surface area contributed by atoms with Gasteiger partial charge in [-0.1, -0.05) is 36.4 Å². The Morgan fingerprint density at radius 3 is 2.33 bits per heavy atom. The van der Waals surface area contributed by atoms with Crippen molar-refractivity contribution in [1.82, 2.24) is 5.32 Å². The van der Waals surface area contributed by atoms with Crippen molar-refractivity contribution in [1.29, 1.82) is 0 Å². The van der Waals surface area contributed by atoms with Crippen LogP contribution in [0.2, 0.25) is 0 Å². The molecule has 2 amide bonds. The summed E-state index contributed by atoms with van der Waals surface area (Å²) in [6.45, 7) is 0. The molecule has 0 aromatic heterocycles. The quantitative estimate of drug-likeness (QED) is 0.478. The zero-order valence-electron chi connectivity index (χ0n) is 13.3. The largest absolute Gasteiger partial charge is 0.397 e. The summed E-state index contributed by atoms with van der Waals surface area (Å²) in [5, 5.41) is 5.56. The summed E-state index contributed by atoms with van der Waals surface area (Å²) in [6, 6.07) is 13.7. The minimum absolute atomic E-state index is 0.276. The molecule has 124 valence electrons. The molecule has 0 bridgehead atoms. The number of hydrogen-bond acceptors (Lipinski definition) is 4. The van der Waals surface area contributed by atoms with Gasteiger partial charge in [-0.2, -0.15) is 0 Å². The maximum absolute atomic E-state index is 11.9. The van der Waals surface area contributed by atoms with E-state index >= 15 is 0 Å². The topological polar surface area (TPSA) is 110 Å². The van der Waals surface area contributed by atoms with Crippen LogP contribution in [0.3, 0.4) is 0 Å². The third-order valence-electron chi connectivity index (χ3n) is 3.49. The molecular formula is C18H20N4O2. The fraction of sp³-hybridized carbons (Fsp3) is 0.111. The lowest BCUT2D eigenvalue weighted by molar-refractivity contribution is -0.120. The molecule has 24 heavy (non-hydrogen) atoms. The SMILES string of the molecule is CNC(C(N)=O)c1ccc(/C=C/C(=O)Nc2ccccc2N)cc1. The Hall–Kier alpha value is -3.12. The van der Waals surface area contributed by atoms with Gasteiger partial charge in [0.25, 0.3) is 0 Å². The zero-order chi connectivity index (χ0) is 17.5. The summed E-state index contributed by atoms with van der Waals surface area (Å²) in [5.41, 5.74) is 13.8. The Kier molecular flexibility index (Phi) is 5.70. The number of carbonyl (C=O) groups is 2. The summed E-state index contributed by atoms with van der Waals surface area (Å²) in [6.07, 6.45) is 3.10.